The second-order valence-electron chi connectivity index (χ2n) is 5.67. The molecular formula is C18H15NO5S. The first kappa shape index (κ1) is 16.9. The first-order valence-corrected chi connectivity index (χ1v) is 8.80. The van der Waals surface area contributed by atoms with Crippen molar-refractivity contribution >= 4 is 32.5 Å². The van der Waals surface area contributed by atoms with Gasteiger partial charge in [0.05, 0.1) is 4.90 Å². The van der Waals surface area contributed by atoms with Crippen LogP contribution in [0, 0.1) is 6.92 Å². The molecule has 0 heterocycles. The molecule has 7 heteroatoms. The van der Waals surface area contributed by atoms with Crippen LogP contribution in [0.5, 0.6) is 5.75 Å². The van der Waals surface area contributed by atoms with Crippen LogP contribution in [-0.4, -0.2) is 24.0 Å². The van der Waals surface area contributed by atoms with Gasteiger partial charge in [0.15, 0.2) is 0 Å². The Morgan fingerprint density at radius 1 is 1.00 bits per heavy atom. The number of hydrogen-bond donors (Lipinski definition) is 3. The molecule has 3 aromatic carbocycles. The quantitative estimate of drug-likeness (QED) is 0.624. The summed E-state index contributed by atoms with van der Waals surface area (Å²) in [5.74, 6) is -0.607. The molecule has 0 fully saturated rings. The normalized spacial score (nSPS) is 11.4. The minimum Gasteiger partial charge on any atom is -0.507 e. The van der Waals surface area contributed by atoms with E-state index in [0.717, 1.165) is 11.6 Å². The third-order valence-electron chi connectivity index (χ3n) is 3.78. The van der Waals surface area contributed by atoms with Gasteiger partial charge in [-0.25, -0.2) is 0 Å². The Morgan fingerprint density at radius 3 is 2.32 bits per heavy atom. The fourth-order valence-electron chi connectivity index (χ4n) is 2.45. The van der Waals surface area contributed by atoms with Crippen LogP contribution in [0.4, 0.5) is 5.69 Å². The minimum absolute atomic E-state index is 0.298. The van der Waals surface area contributed by atoms with Crippen LogP contribution in [0.3, 0.4) is 0 Å². The zero-order valence-electron chi connectivity index (χ0n) is 13.2. The van der Waals surface area contributed by atoms with Gasteiger partial charge in [-0.2, -0.15) is 8.42 Å². The van der Waals surface area contributed by atoms with Gasteiger partial charge in [0.2, 0.25) is 0 Å². The summed E-state index contributed by atoms with van der Waals surface area (Å²) in [6, 6.07) is 14.0. The van der Waals surface area contributed by atoms with E-state index in [4.69, 9.17) is 4.55 Å². The molecule has 0 unspecified atom stereocenters. The number of fused-ring (bicyclic) bond motifs is 1. The van der Waals surface area contributed by atoms with Gasteiger partial charge in [0, 0.05) is 22.7 Å². The summed E-state index contributed by atoms with van der Waals surface area (Å²) < 4.78 is 31.5. The van der Waals surface area contributed by atoms with Gasteiger partial charge < -0.3 is 10.4 Å². The number of nitrogens with one attached hydrogen (secondary N) is 1. The van der Waals surface area contributed by atoms with Crippen molar-refractivity contribution in [2.24, 2.45) is 0 Å². The third-order valence-corrected chi connectivity index (χ3v) is 4.61. The number of aryl methyl sites for hydroxylation is 1. The number of aromatic hydroxyl groups is 1. The topological polar surface area (TPSA) is 104 Å². The number of phenols is 1. The van der Waals surface area contributed by atoms with Crippen molar-refractivity contribution in [3.63, 3.8) is 0 Å². The molecule has 0 saturated carbocycles. The van der Waals surface area contributed by atoms with E-state index >= 15 is 0 Å². The number of rotatable bonds is 3. The summed E-state index contributed by atoms with van der Waals surface area (Å²) >= 11 is 0. The fourth-order valence-corrected chi connectivity index (χ4v) is 2.98. The number of amides is 1. The lowest BCUT2D eigenvalue weighted by atomic mass is 10.1. The van der Waals surface area contributed by atoms with Crippen LogP contribution in [0.2, 0.25) is 0 Å². The largest absolute Gasteiger partial charge is 0.507 e. The van der Waals surface area contributed by atoms with E-state index in [0.29, 0.717) is 22.0 Å². The number of carbonyl (C=O) groups is 1. The van der Waals surface area contributed by atoms with Gasteiger partial charge in [0.1, 0.15) is 5.75 Å². The maximum absolute atomic E-state index is 12.2. The monoisotopic (exact) mass is 357 g/mol. The second-order valence-corrected chi connectivity index (χ2v) is 7.10. The first-order chi connectivity index (χ1) is 11.7. The van der Waals surface area contributed by atoms with Crippen molar-refractivity contribution in [2.45, 2.75) is 11.8 Å². The average Bonchev–Trinajstić information content (AvgIpc) is 2.55. The molecule has 3 rings (SSSR count). The van der Waals surface area contributed by atoms with Crippen LogP contribution in [0.1, 0.15) is 15.9 Å². The number of hydrogen-bond acceptors (Lipinski definition) is 4. The molecule has 0 aliphatic heterocycles. The van der Waals surface area contributed by atoms with Crippen molar-refractivity contribution in [1.82, 2.24) is 0 Å². The lowest BCUT2D eigenvalue weighted by molar-refractivity contribution is 0.102. The van der Waals surface area contributed by atoms with E-state index < -0.39 is 15.0 Å². The Bertz CT molecular complexity index is 1070. The highest BCUT2D eigenvalue weighted by atomic mass is 32.2. The molecule has 1 amide bonds. The van der Waals surface area contributed by atoms with Crippen LogP contribution in [0.25, 0.3) is 10.8 Å². The third kappa shape index (κ3) is 3.62. The highest BCUT2D eigenvalue weighted by Crippen LogP contribution is 2.31. The average molecular weight is 357 g/mol. The SMILES string of the molecule is Cc1ccc(C(=O)Nc2ccc3cc(S(=O)(=O)O)cc(O)c3c2)cc1. The van der Waals surface area contributed by atoms with Gasteiger partial charge in [-0.15, -0.1) is 0 Å². The van der Waals surface area contributed by atoms with E-state index in [9.17, 15) is 18.3 Å². The van der Waals surface area contributed by atoms with Crippen molar-refractivity contribution in [1.29, 1.82) is 0 Å². The summed E-state index contributed by atoms with van der Waals surface area (Å²) in [6.07, 6.45) is 0. The van der Waals surface area contributed by atoms with Crippen molar-refractivity contribution in [2.75, 3.05) is 5.32 Å². The Kier molecular flexibility index (Phi) is 4.20. The van der Waals surface area contributed by atoms with Gasteiger partial charge in [-0.05, 0) is 42.6 Å². The molecule has 6 nitrogen and oxygen atoms in total. The maximum Gasteiger partial charge on any atom is 0.294 e. The number of anilines is 1. The van der Waals surface area contributed by atoms with E-state index in [-0.39, 0.29) is 11.7 Å². The molecule has 0 radical (unpaired) electrons. The van der Waals surface area contributed by atoms with Gasteiger partial charge in [-0.3, -0.25) is 9.35 Å². The Labute approximate surface area is 144 Å². The lowest BCUT2D eigenvalue weighted by Gasteiger charge is -2.09. The Morgan fingerprint density at radius 2 is 1.68 bits per heavy atom. The zero-order chi connectivity index (χ0) is 18.2. The van der Waals surface area contributed by atoms with E-state index in [1.54, 1.807) is 24.3 Å². The molecule has 0 aromatic heterocycles. The summed E-state index contributed by atoms with van der Waals surface area (Å²) in [7, 11) is -4.42. The van der Waals surface area contributed by atoms with E-state index in [1.807, 2.05) is 19.1 Å². The predicted octanol–water partition coefficient (Wildman–Crippen LogP) is 3.35. The molecule has 0 spiro atoms. The van der Waals surface area contributed by atoms with Gasteiger partial charge >= 0.3 is 0 Å². The van der Waals surface area contributed by atoms with Crippen LogP contribution >= 0.6 is 0 Å². The molecule has 0 atom stereocenters. The lowest BCUT2D eigenvalue weighted by Crippen LogP contribution is -2.11. The smallest absolute Gasteiger partial charge is 0.294 e. The summed E-state index contributed by atoms with van der Waals surface area (Å²) in [4.78, 5) is 11.9. The highest BCUT2D eigenvalue weighted by molar-refractivity contribution is 7.85. The van der Waals surface area contributed by atoms with Gasteiger partial charge in [0.25, 0.3) is 16.0 Å². The molecule has 128 valence electrons. The summed E-state index contributed by atoms with van der Waals surface area (Å²) in [5, 5.41) is 13.5. The molecular weight excluding hydrogens is 342 g/mol. The molecule has 25 heavy (non-hydrogen) atoms. The number of phenolic OH excluding ortho intramolecular Hbond substituents is 1. The second kappa shape index (κ2) is 6.19. The molecule has 0 aliphatic carbocycles. The van der Waals surface area contributed by atoms with E-state index in [2.05, 4.69) is 5.32 Å². The summed E-state index contributed by atoms with van der Waals surface area (Å²) in [6.45, 7) is 1.93. The first-order valence-electron chi connectivity index (χ1n) is 7.36. The predicted molar refractivity (Wildman–Crippen MR) is 94.6 cm³/mol. The Balaban J connectivity index is 1.95. The molecule has 3 N–H and O–H groups in total. The molecule has 0 aliphatic rings. The fraction of sp³-hybridized carbons (Fsp3) is 0.0556. The van der Waals surface area contributed by atoms with Crippen molar-refractivity contribution in [3.05, 3.63) is 65.7 Å². The van der Waals surface area contributed by atoms with Crippen LogP contribution < -0.4 is 5.32 Å². The number of carbonyl (C=O) groups excluding carboxylic acids is 1. The van der Waals surface area contributed by atoms with Gasteiger partial charge in [-0.1, -0.05) is 23.8 Å². The van der Waals surface area contributed by atoms with E-state index in [1.165, 1.54) is 12.1 Å². The zero-order valence-corrected chi connectivity index (χ0v) is 14.0. The Hall–Kier alpha value is -2.90. The summed E-state index contributed by atoms with van der Waals surface area (Å²) in [5.41, 5.74) is 1.99. The van der Waals surface area contributed by atoms with Crippen molar-refractivity contribution < 1.29 is 22.9 Å². The van der Waals surface area contributed by atoms with Crippen molar-refractivity contribution in [3.8, 4) is 5.75 Å². The maximum atomic E-state index is 12.2. The number of benzene rings is 3. The van der Waals surface area contributed by atoms with Crippen LogP contribution in [0.15, 0.2) is 59.5 Å². The molecule has 0 saturated heterocycles. The molecule has 3 aromatic rings. The standard InChI is InChI=1S/C18H15NO5S/c1-11-2-4-12(5-3-11)18(21)19-14-7-6-13-8-15(25(22,23)24)10-17(20)16(13)9-14/h2-10,20H,1H3,(H,19,21)(H,22,23,24). The molecule has 0 bridgehead atoms. The highest BCUT2D eigenvalue weighted by Gasteiger charge is 2.14. The minimum atomic E-state index is -4.42. The van der Waals surface area contributed by atoms with Crippen LogP contribution in [-0.2, 0) is 10.1 Å².